The molecule has 9 heteroatoms. The van der Waals surface area contributed by atoms with E-state index in [1.54, 1.807) is 6.92 Å². The fourth-order valence-corrected chi connectivity index (χ4v) is 3.57. The van der Waals surface area contributed by atoms with Crippen molar-refractivity contribution in [3.8, 4) is 0 Å². The maximum atomic E-state index is 12.0. The Morgan fingerprint density at radius 3 is 2.54 bits per heavy atom. The first kappa shape index (κ1) is 20.9. The molecule has 0 bridgehead atoms. The highest BCUT2D eigenvalue weighted by Gasteiger charge is 2.49. The molecule has 24 heavy (non-hydrogen) atoms. The molecular weight excluding hydrogens is 313 g/mol. The normalized spacial score (nSPS) is 28.2. The fraction of sp³-hybridized carbons (Fsp3) is 0.867. The smallest absolute Gasteiger partial charge is 0.451 e. The van der Waals surface area contributed by atoms with Gasteiger partial charge in [-0.1, -0.05) is 13.3 Å². The van der Waals surface area contributed by atoms with Crippen molar-refractivity contribution in [1.82, 2.24) is 10.6 Å². The lowest BCUT2D eigenvalue weighted by Crippen LogP contribution is -2.62. The van der Waals surface area contributed by atoms with Crippen molar-refractivity contribution in [2.45, 2.75) is 57.4 Å². The molecule has 0 aliphatic heterocycles. The summed E-state index contributed by atoms with van der Waals surface area (Å²) in [6, 6.07) is -0.634. The molecule has 138 valence electrons. The van der Waals surface area contributed by atoms with Gasteiger partial charge in [0, 0.05) is 12.5 Å². The van der Waals surface area contributed by atoms with E-state index in [-0.39, 0.29) is 30.6 Å². The van der Waals surface area contributed by atoms with Gasteiger partial charge in [-0.15, -0.1) is 0 Å². The first-order valence-corrected chi connectivity index (χ1v) is 8.60. The lowest BCUT2D eigenvalue weighted by molar-refractivity contribution is -0.150. The largest absolute Gasteiger partial charge is 0.480 e. The lowest BCUT2D eigenvalue weighted by atomic mass is 9.65. The summed E-state index contributed by atoms with van der Waals surface area (Å²) < 4.78 is 0. The van der Waals surface area contributed by atoms with E-state index in [0.29, 0.717) is 25.8 Å². The van der Waals surface area contributed by atoms with Gasteiger partial charge in [0.15, 0.2) is 0 Å². The molecule has 1 amide bonds. The summed E-state index contributed by atoms with van der Waals surface area (Å²) in [6.45, 7) is 4.19. The third-order valence-electron chi connectivity index (χ3n) is 4.87. The van der Waals surface area contributed by atoms with Crippen molar-refractivity contribution < 1.29 is 24.7 Å². The Balaban J connectivity index is 2.85. The van der Waals surface area contributed by atoms with Gasteiger partial charge in [-0.3, -0.25) is 9.59 Å². The maximum Gasteiger partial charge on any atom is 0.451 e. The van der Waals surface area contributed by atoms with Gasteiger partial charge < -0.3 is 31.5 Å². The van der Waals surface area contributed by atoms with E-state index in [4.69, 9.17) is 15.8 Å². The predicted octanol–water partition coefficient (Wildman–Crippen LogP) is -0.838. The third-order valence-corrected chi connectivity index (χ3v) is 4.87. The van der Waals surface area contributed by atoms with Crippen LogP contribution in [0.15, 0.2) is 0 Å². The number of hydrogen-bond donors (Lipinski definition) is 6. The molecule has 8 nitrogen and oxygen atoms in total. The van der Waals surface area contributed by atoms with Gasteiger partial charge in [0.05, 0.1) is 6.04 Å². The summed E-state index contributed by atoms with van der Waals surface area (Å²) in [7, 11) is -1.37. The van der Waals surface area contributed by atoms with Crippen LogP contribution >= 0.6 is 0 Å². The number of amides is 1. The monoisotopic (exact) mass is 343 g/mol. The lowest BCUT2D eigenvalue weighted by Gasteiger charge is -2.44. The SMILES string of the molecule is CCN[C@]1(C(=O)O)C[C@H](CCB(O)O)CC[C@H]1CNC(=O)[C@H](C)N. The predicted molar refractivity (Wildman–Crippen MR) is 91.1 cm³/mol. The highest BCUT2D eigenvalue weighted by atomic mass is 16.4. The van der Waals surface area contributed by atoms with Crippen LogP contribution in [0.4, 0.5) is 0 Å². The van der Waals surface area contributed by atoms with E-state index in [1.165, 1.54) is 0 Å². The fourth-order valence-electron chi connectivity index (χ4n) is 3.57. The quantitative estimate of drug-likeness (QED) is 0.299. The standard InChI is InChI=1S/C15H30BN3O5/c1-3-19-15(14(21)22)8-11(6-7-16(23)24)4-5-12(15)9-18-13(20)10(2)17/h10-12,19,23-24H,3-9,17H2,1-2H3,(H,18,20)(H,21,22)/t10-,11-,12-,15+/m0/s1. The topological polar surface area (TPSA) is 145 Å². The molecule has 0 saturated heterocycles. The average molecular weight is 343 g/mol. The average Bonchev–Trinajstić information content (AvgIpc) is 2.51. The Labute approximate surface area is 143 Å². The van der Waals surface area contributed by atoms with E-state index in [9.17, 15) is 14.7 Å². The zero-order chi connectivity index (χ0) is 18.3. The number of nitrogens with two attached hydrogens (primary N) is 1. The van der Waals surface area contributed by atoms with Gasteiger partial charge in [-0.05, 0) is 45.0 Å². The Morgan fingerprint density at radius 1 is 1.38 bits per heavy atom. The van der Waals surface area contributed by atoms with Crippen molar-refractivity contribution in [3.05, 3.63) is 0 Å². The molecule has 0 unspecified atom stereocenters. The molecule has 0 aromatic heterocycles. The van der Waals surface area contributed by atoms with E-state index < -0.39 is 24.7 Å². The molecule has 1 fully saturated rings. The molecule has 0 spiro atoms. The molecule has 1 aliphatic rings. The van der Waals surface area contributed by atoms with Crippen LogP contribution in [0.3, 0.4) is 0 Å². The third kappa shape index (κ3) is 5.44. The number of carbonyl (C=O) groups is 2. The molecule has 0 heterocycles. The van der Waals surface area contributed by atoms with E-state index >= 15 is 0 Å². The highest BCUT2D eigenvalue weighted by molar-refractivity contribution is 6.40. The zero-order valence-corrected chi connectivity index (χ0v) is 14.5. The van der Waals surface area contributed by atoms with E-state index in [2.05, 4.69) is 10.6 Å². The van der Waals surface area contributed by atoms with Gasteiger partial charge in [0.2, 0.25) is 5.91 Å². The van der Waals surface area contributed by atoms with Crippen LogP contribution < -0.4 is 16.4 Å². The first-order valence-electron chi connectivity index (χ1n) is 8.60. The second-order valence-electron chi connectivity index (χ2n) is 6.74. The molecule has 1 rings (SSSR count). The van der Waals surface area contributed by atoms with Crippen molar-refractivity contribution >= 4 is 19.0 Å². The molecule has 1 saturated carbocycles. The van der Waals surface area contributed by atoms with Crippen molar-refractivity contribution in [3.63, 3.8) is 0 Å². The number of hydrogen-bond acceptors (Lipinski definition) is 6. The molecule has 7 N–H and O–H groups in total. The van der Waals surface area contributed by atoms with Gasteiger partial charge in [0.25, 0.3) is 0 Å². The van der Waals surface area contributed by atoms with Crippen molar-refractivity contribution in [2.75, 3.05) is 13.1 Å². The van der Waals surface area contributed by atoms with Crippen LogP contribution in [0.25, 0.3) is 0 Å². The number of aliphatic carboxylic acids is 1. The molecule has 0 radical (unpaired) electrons. The zero-order valence-electron chi connectivity index (χ0n) is 14.5. The minimum absolute atomic E-state index is 0.0994. The Kier molecular flexibility index (Phi) is 8.15. The van der Waals surface area contributed by atoms with Crippen molar-refractivity contribution in [2.24, 2.45) is 17.6 Å². The maximum absolute atomic E-state index is 12.0. The summed E-state index contributed by atoms with van der Waals surface area (Å²) in [4.78, 5) is 23.7. The van der Waals surface area contributed by atoms with Crippen molar-refractivity contribution in [1.29, 1.82) is 0 Å². The number of carbonyl (C=O) groups excluding carboxylic acids is 1. The molecule has 1 aliphatic carbocycles. The van der Waals surface area contributed by atoms with Crippen LogP contribution in [-0.2, 0) is 9.59 Å². The number of carboxylic acid groups (broad SMARTS) is 1. The summed E-state index contributed by atoms with van der Waals surface area (Å²) in [6.07, 6.45) is 2.65. The number of carboxylic acids is 1. The Hall–Kier alpha value is -1.16. The summed E-state index contributed by atoms with van der Waals surface area (Å²) in [5, 5.41) is 33.8. The van der Waals surface area contributed by atoms with Gasteiger partial charge in [-0.25, -0.2) is 0 Å². The van der Waals surface area contributed by atoms with Crippen LogP contribution in [0.2, 0.25) is 6.32 Å². The van der Waals surface area contributed by atoms with Crippen LogP contribution in [0.5, 0.6) is 0 Å². The molecule has 4 atom stereocenters. The van der Waals surface area contributed by atoms with E-state index in [0.717, 1.165) is 6.42 Å². The number of likely N-dealkylation sites (N-methyl/N-ethyl adjacent to an activating group) is 1. The molecule has 0 aromatic carbocycles. The molecule has 0 aromatic rings. The summed E-state index contributed by atoms with van der Waals surface area (Å²) in [5.74, 6) is -1.37. The summed E-state index contributed by atoms with van der Waals surface area (Å²) in [5.41, 5.74) is 4.41. The van der Waals surface area contributed by atoms with Crippen LogP contribution in [-0.4, -0.2) is 58.8 Å². The minimum Gasteiger partial charge on any atom is -0.480 e. The van der Waals surface area contributed by atoms with Gasteiger partial charge in [0.1, 0.15) is 5.54 Å². The minimum atomic E-state index is -1.37. The van der Waals surface area contributed by atoms with Crippen LogP contribution in [0.1, 0.15) is 39.5 Å². The van der Waals surface area contributed by atoms with Gasteiger partial charge in [-0.2, -0.15) is 0 Å². The second kappa shape index (κ2) is 9.36. The highest BCUT2D eigenvalue weighted by Crippen LogP contribution is 2.39. The Morgan fingerprint density at radius 2 is 2.04 bits per heavy atom. The van der Waals surface area contributed by atoms with Crippen LogP contribution in [0, 0.1) is 11.8 Å². The second-order valence-corrected chi connectivity index (χ2v) is 6.74. The first-order chi connectivity index (χ1) is 11.2. The number of nitrogens with one attached hydrogen (secondary N) is 2. The van der Waals surface area contributed by atoms with E-state index in [1.807, 2.05) is 6.92 Å². The Bertz CT molecular complexity index is 435. The summed E-state index contributed by atoms with van der Waals surface area (Å²) >= 11 is 0. The number of rotatable bonds is 9. The molecular formula is C15H30BN3O5. The van der Waals surface area contributed by atoms with Gasteiger partial charge >= 0.3 is 13.1 Å².